The molecule has 1 aromatic carbocycles. The van der Waals surface area contributed by atoms with Crippen molar-refractivity contribution in [3.63, 3.8) is 0 Å². The molecular weight excluding hydrogens is 227 g/mol. The quantitative estimate of drug-likeness (QED) is 0.643. The molecule has 0 saturated heterocycles. The van der Waals surface area contributed by atoms with Gasteiger partial charge in [0, 0.05) is 24.7 Å². The third-order valence-corrected chi connectivity index (χ3v) is 2.24. The van der Waals surface area contributed by atoms with E-state index < -0.39 is 17.8 Å². The van der Waals surface area contributed by atoms with Crippen molar-refractivity contribution in [2.24, 2.45) is 5.73 Å². The Labute approximate surface area is 98.4 Å². The summed E-state index contributed by atoms with van der Waals surface area (Å²) >= 11 is 0. The number of methoxy groups -OCH3 is 1. The molecule has 0 aromatic heterocycles. The second-order valence-electron chi connectivity index (χ2n) is 3.51. The van der Waals surface area contributed by atoms with Crippen molar-refractivity contribution in [2.45, 2.75) is 12.6 Å². The molecule has 5 nitrogen and oxygen atoms in total. The van der Waals surface area contributed by atoms with E-state index in [1.54, 1.807) is 12.1 Å². The molecule has 0 aliphatic heterocycles. The summed E-state index contributed by atoms with van der Waals surface area (Å²) in [6, 6.07) is 4.46. The minimum atomic E-state index is -1.27. The summed E-state index contributed by atoms with van der Waals surface area (Å²) in [4.78, 5) is 10.5. The normalized spacial score (nSPS) is 12.2. The molecule has 1 atom stereocenters. The molecule has 0 bridgehead atoms. The van der Waals surface area contributed by atoms with Crippen molar-refractivity contribution in [2.75, 3.05) is 13.7 Å². The van der Waals surface area contributed by atoms with Gasteiger partial charge in [0.2, 0.25) is 5.91 Å². The van der Waals surface area contributed by atoms with Gasteiger partial charge in [0.15, 0.2) is 0 Å². The standard InChI is InChI=1S/C11H15FN2O3/c1-17-8-3-2-7(9(12)4-8)5-14-6-10(15)11(13)16/h2-4,10,14-15H,5-6H2,1H3,(H2,13,16). The van der Waals surface area contributed by atoms with Crippen LogP contribution in [0.5, 0.6) is 5.75 Å². The van der Waals surface area contributed by atoms with Gasteiger partial charge in [-0.3, -0.25) is 4.79 Å². The van der Waals surface area contributed by atoms with Gasteiger partial charge in [-0.1, -0.05) is 6.07 Å². The number of ether oxygens (including phenoxy) is 1. The second kappa shape index (κ2) is 6.17. The maximum Gasteiger partial charge on any atom is 0.247 e. The van der Waals surface area contributed by atoms with Gasteiger partial charge in [0.25, 0.3) is 0 Å². The van der Waals surface area contributed by atoms with Crippen LogP contribution in [0.25, 0.3) is 0 Å². The average Bonchev–Trinajstić information content (AvgIpc) is 2.30. The van der Waals surface area contributed by atoms with Gasteiger partial charge < -0.3 is 20.9 Å². The summed E-state index contributed by atoms with van der Waals surface area (Å²) < 4.78 is 18.3. The summed E-state index contributed by atoms with van der Waals surface area (Å²) in [7, 11) is 1.45. The van der Waals surface area contributed by atoms with Crippen molar-refractivity contribution in [1.29, 1.82) is 0 Å². The fourth-order valence-electron chi connectivity index (χ4n) is 1.24. The molecule has 1 aromatic rings. The van der Waals surface area contributed by atoms with E-state index in [1.807, 2.05) is 0 Å². The SMILES string of the molecule is COc1ccc(CNCC(O)C(N)=O)c(F)c1. The second-order valence-corrected chi connectivity index (χ2v) is 3.51. The number of carbonyl (C=O) groups excluding carboxylic acids is 1. The molecule has 1 rings (SSSR count). The highest BCUT2D eigenvalue weighted by atomic mass is 19.1. The third-order valence-electron chi connectivity index (χ3n) is 2.24. The third kappa shape index (κ3) is 4.01. The molecular formula is C11H15FN2O3. The van der Waals surface area contributed by atoms with Crippen molar-refractivity contribution >= 4 is 5.91 Å². The summed E-state index contributed by atoms with van der Waals surface area (Å²) in [5.74, 6) is -0.790. The van der Waals surface area contributed by atoms with E-state index in [4.69, 9.17) is 15.6 Å². The number of hydrogen-bond acceptors (Lipinski definition) is 4. The van der Waals surface area contributed by atoms with Gasteiger partial charge in [-0.25, -0.2) is 4.39 Å². The number of nitrogens with two attached hydrogens (primary N) is 1. The number of rotatable bonds is 6. The van der Waals surface area contributed by atoms with E-state index >= 15 is 0 Å². The number of primary amides is 1. The lowest BCUT2D eigenvalue weighted by Gasteiger charge is -2.09. The number of benzene rings is 1. The first kappa shape index (κ1) is 13.4. The van der Waals surface area contributed by atoms with Crippen LogP contribution in [0.2, 0.25) is 0 Å². The zero-order valence-electron chi connectivity index (χ0n) is 9.44. The molecule has 0 aliphatic carbocycles. The fourth-order valence-corrected chi connectivity index (χ4v) is 1.24. The number of carbonyl (C=O) groups is 1. The number of amides is 1. The lowest BCUT2D eigenvalue weighted by Crippen LogP contribution is -2.37. The van der Waals surface area contributed by atoms with E-state index in [2.05, 4.69) is 5.32 Å². The Morgan fingerprint density at radius 1 is 1.65 bits per heavy atom. The van der Waals surface area contributed by atoms with Crippen LogP contribution in [0.1, 0.15) is 5.56 Å². The molecule has 17 heavy (non-hydrogen) atoms. The molecule has 6 heteroatoms. The van der Waals surface area contributed by atoms with Crippen molar-refractivity contribution in [1.82, 2.24) is 5.32 Å². The molecule has 1 unspecified atom stereocenters. The molecule has 0 spiro atoms. The lowest BCUT2D eigenvalue weighted by atomic mass is 10.2. The van der Waals surface area contributed by atoms with Gasteiger partial charge in [-0.15, -0.1) is 0 Å². The van der Waals surface area contributed by atoms with Gasteiger partial charge >= 0.3 is 0 Å². The van der Waals surface area contributed by atoms with Gasteiger partial charge in [-0.2, -0.15) is 0 Å². The van der Waals surface area contributed by atoms with Crippen LogP contribution in [-0.2, 0) is 11.3 Å². The highest BCUT2D eigenvalue weighted by Gasteiger charge is 2.10. The molecule has 94 valence electrons. The van der Waals surface area contributed by atoms with Crippen molar-refractivity contribution in [3.05, 3.63) is 29.6 Å². The maximum atomic E-state index is 13.4. The molecule has 0 saturated carbocycles. The van der Waals surface area contributed by atoms with E-state index in [9.17, 15) is 9.18 Å². The first-order valence-corrected chi connectivity index (χ1v) is 5.05. The van der Waals surface area contributed by atoms with Crippen molar-refractivity contribution in [3.8, 4) is 5.75 Å². The average molecular weight is 242 g/mol. The van der Waals surface area contributed by atoms with Gasteiger partial charge in [0.1, 0.15) is 17.7 Å². The molecule has 0 radical (unpaired) electrons. The highest BCUT2D eigenvalue weighted by molar-refractivity contribution is 5.78. The summed E-state index contributed by atoms with van der Waals surface area (Å²) in [6.45, 7) is 0.182. The van der Waals surface area contributed by atoms with Gasteiger partial charge in [0.05, 0.1) is 7.11 Å². The first-order valence-electron chi connectivity index (χ1n) is 5.05. The van der Waals surface area contributed by atoms with Crippen LogP contribution in [0.3, 0.4) is 0 Å². The first-order chi connectivity index (χ1) is 8.04. The molecule has 0 aliphatic rings. The molecule has 4 N–H and O–H groups in total. The summed E-state index contributed by atoms with van der Waals surface area (Å²) in [6.07, 6.45) is -1.27. The summed E-state index contributed by atoms with van der Waals surface area (Å²) in [5, 5.41) is 11.8. The Morgan fingerprint density at radius 2 is 2.35 bits per heavy atom. The predicted molar refractivity (Wildman–Crippen MR) is 59.9 cm³/mol. The monoisotopic (exact) mass is 242 g/mol. The largest absolute Gasteiger partial charge is 0.497 e. The Balaban J connectivity index is 2.49. The van der Waals surface area contributed by atoms with E-state index in [-0.39, 0.29) is 13.1 Å². The highest BCUT2D eigenvalue weighted by Crippen LogP contribution is 2.15. The summed E-state index contributed by atoms with van der Waals surface area (Å²) in [5.41, 5.74) is 5.28. The van der Waals surface area contributed by atoms with Crippen LogP contribution in [-0.4, -0.2) is 30.8 Å². The minimum absolute atomic E-state index is 0.0131. The smallest absolute Gasteiger partial charge is 0.247 e. The van der Waals surface area contributed by atoms with Gasteiger partial charge in [-0.05, 0) is 6.07 Å². The Bertz CT molecular complexity index is 398. The number of halogens is 1. The maximum absolute atomic E-state index is 13.4. The van der Waals surface area contributed by atoms with E-state index in [1.165, 1.54) is 13.2 Å². The zero-order chi connectivity index (χ0) is 12.8. The van der Waals surface area contributed by atoms with E-state index in [0.717, 1.165) is 0 Å². The predicted octanol–water partition coefficient (Wildman–Crippen LogP) is -0.230. The number of nitrogens with one attached hydrogen (secondary N) is 1. The molecule has 0 heterocycles. The number of hydrogen-bond donors (Lipinski definition) is 3. The minimum Gasteiger partial charge on any atom is -0.497 e. The van der Waals surface area contributed by atoms with Crippen LogP contribution >= 0.6 is 0 Å². The zero-order valence-corrected chi connectivity index (χ0v) is 9.44. The Morgan fingerprint density at radius 3 is 2.88 bits per heavy atom. The van der Waals surface area contributed by atoms with Crippen LogP contribution in [0, 0.1) is 5.82 Å². The van der Waals surface area contributed by atoms with Crippen LogP contribution in [0.15, 0.2) is 18.2 Å². The molecule has 1 amide bonds. The Kier molecular flexibility index (Phi) is 4.86. The fraction of sp³-hybridized carbons (Fsp3) is 0.364. The lowest BCUT2D eigenvalue weighted by molar-refractivity contribution is -0.125. The Hall–Kier alpha value is -1.66. The van der Waals surface area contributed by atoms with Crippen LogP contribution < -0.4 is 15.8 Å². The van der Waals surface area contributed by atoms with Crippen LogP contribution in [0.4, 0.5) is 4.39 Å². The molecule has 0 fully saturated rings. The topological polar surface area (TPSA) is 84.6 Å². The van der Waals surface area contributed by atoms with Crippen molar-refractivity contribution < 1.29 is 19.0 Å². The number of aliphatic hydroxyl groups is 1. The van der Waals surface area contributed by atoms with E-state index in [0.29, 0.717) is 11.3 Å². The number of aliphatic hydroxyl groups excluding tert-OH is 1.